The van der Waals surface area contributed by atoms with Crippen molar-refractivity contribution in [2.24, 2.45) is 0 Å². The summed E-state index contributed by atoms with van der Waals surface area (Å²) in [6, 6.07) is 15.1. The minimum absolute atomic E-state index is 0.0124. The van der Waals surface area contributed by atoms with Gasteiger partial charge in [-0.05, 0) is 93.9 Å². The van der Waals surface area contributed by atoms with Gasteiger partial charge in [-0.3, -0.25) is 9.80 Å². The SMILES string of the molecule is COc1ccc(C)cc1N(C(=O)O)C1CC2CCCC(C1)N2CCCCNCc1cccc(Br)c1. The quantitative estimate of drug-likeness (QED) is 0.349. The number of unbranched alkanes of at least 4 members (excludes halogenated alkanes) is 1. The monoisotopic (exact) mass is 543 g/mol. The number of piperidine rings is 2. The van der Waals surface area contributed by atoms with Gasteiger partial charge >= 0.3 is 6.09 Å². The minimum atomic E-state index is -0.887. The van der Waals surface area contributed by atoms with Crippen molar-refractivity contribution in [3.63, 3.8) is 0 Å². The Bertz CT molecular complexity index is 987. The van der Waals surface area contributed by atoms with Crippen molar-refractivity contribution in [2.45, 2.75) is 76.5 Å². The highest BCUT2D eigenvalue weighted by Gasteiger charge is 2.42. The predicted molar refractivity (Wildman–Crippen MR) is 144 cm³/mol. The van der Waals surface area contributed by atoms with E-state index >= 15 is 0 Å². The first-order chi connectivity index (χ1) is 17.0. The van der Waals surface area contributed by atoms with Gasteiger partial charge in [0.25, 0.3) is 0 Å². The lowest BCUT2D eigenvalue weighted by atomic mass is 9.81. The number of carbonyl (C=O) groups is 1. The number of ether oxygens (including phenoxy) is 1. The van der Waals surface area contributed by atoms with E-state index in [1.807, 2.05) is 25.1 Å². The molecule has 0 radical (unpaired) electrons. The Morgan fingerprint density at radius 1 is 1.17 bits per heavy atom. The maximum absolute atomic E-state index is 12.4. The van der Waals surface area contributed by atoms with Gasteiger partial charge in [0.05, 0.1) is 12.8 Å². The number of benzene rings is 2. The van der Waals surface area contributed by atoms with Crippen molar-refractivity contribution < 1.29 is 14.6 Å². The van der Waals surface area contributed by atoms with Crippen LogP contribution in [0.15, 0.2) is 46.9 Å². The normalized spacial score (nSPS) is 22.1. The number of hydrogen-bond acceptors (Lipinski definition) is 4. The Morgan fingerprint density at radius 2 is 1.94 bits per heavy atom. The highest BCUT2D eigenvalue weighted by Crippen LogP contribution is 2.40. The summed E-state index contributed by atoms with van der Waals surface area (Å²) >= 11 is 3.53. The van der Waals surface area contributed by atoms with E-state index in [0.29, 0.717) is 23.5 Å². The fraction of sp³-hybridized carbons (Fsp3) is 0.536. The summed E-state index contributed by atoms with van der Waals surface area (Å²) in [5.74, 6) is 0.626. The fourth-order valence-electron chi connectivity index (χ4n) is 5.89. The molecule has 190 valence electrons. The number of aryl methyl sites for hydroxylation is 1. The Kier molecular flexibility index (Phi) is 9.09. The molecule has 2 saturated heterocycles. The Morgan fingerprint density at radius 3 is 2.63 bits per heavy atom. The van der Waals surface area contributed by atoms with Crippen LogP contribution >= 0.6 is 15.9 Å². The van der Waals surface area contributed by atoms with Crippen LogP contribution in [0.25, 0.3) is 0 Å². The third kappa shape index (κ3) is 6.57. The van der Waals surface area contributed by atoms with Gasteiger partial charge in [-0.2, -0.15) is 0 Å². The minimum Gasteiger partial charge on any atom is -0.495 e. The second-order valence-electron chi connectivity index (χ2n) is 9.94. The van der Waals surface area contributed by atoms with Crippen LogP contribution in [0.1, 0.15) is 56.1 Å². The molecule has 1 amide bonds. The molecule has 2 bridgehead atoms. The zero-order valence-electron chi connectivity index (χ0n) is 20.9. The third-order valence-electron chi connectivity index (χ3n) is 7.50. The summed E-state index contributed by atoms with van der Waals surface area (Å²) < 4.78 is 6.65. The van der Waals surface area contributed by atoms with E-state index in [9.17, 15) is 9.90 Å². The van der Waals surface area contributed by atoms with Gasteiger partial charge in [0.2, 0.25) is 0 Å². The smallest absolute Gasteiger partial charge is 0.412 e. The zero-order chi connectivity index (χ0) is 24.8. The summed E-state index contributed by atoms with van der Waals surface area (Å²) in [4.78, 5) is 16.7. The molecule has 2 unspecified atom stereocenters. The first kappa shape index (κ1) is 26.0. The molecule has 2 fully saturated rings. The van der Waals surface area contributed by atoms with E-state index in [0.717, 1.165) is 68.2 Å². The lowest BCUT2D eigenvalue weighted by Crippen LogP contribution is -2.58. The van der Waals surface area contributed by atoms with Crippen molar-refractivity contribution in [1.29, 1.82) is 0 Å². The second-order valence-corrected chi connectivity index (χ2v) is 10.9. The molecule has 2 aromatic carbocycles. The highest BCUT2D eigenvalue weighted by molar-refractivity contribution is 9.10. The van der Waals surface area contributed by atoms with Gasteiger partial charge in [0, 0.05) is 29.1 Å². The second kappa shape index (κ2) is 12.2. The number of fused-ring (bicyclic) bond motifs is 2. The summed E-state index contributed by atoms with van der Waals surface area (Å²) in [7, 11) is 1.61. The Balaban J connectivity index is 1.32. The van der Waals surface area contributed by atoms with Gasteiger partial charge in [0.15, 0.2) is 0 Å². The third-order valence-corrected chi connectivity index (χ3v) is 8.00. The molecular weight excluding hydrogens is 506 g/mol. The van der Waals surface area contributed by atoms with Crippen molar-refractivity contribution in [1.82, 2.24) is 10.2 Å². The summed E-state index contributed by atoms with van der Waals surface area (Å²) in [6.45, 7) is 5.00. The number of amides is 1. The van der Waals surface area contributed by atoms with Crippen LogP contribution < -0.4 is 15.0 Å². The molecule has 2 aromatic rings. The van der Waals surface area contributed by atoms with Gasteiger partial charge in [-0.1, -0.05) is 40.5 Å². The molecule has 2 aliphatic heterocycles. The first-order valence-corrected chi connectivity index (χ1v) is 13.6. The van der Waals surface area contributed by atoms with Crippen LogP contribution in [0.5, 0.6) is 5.75 Å². The molecular formula is C28H38BrN3O3. The van der Waals surface area contributed by atoms with Gasteiger partial charge < -0.3 is 15.2 Å². The lowest BCUT2D eigenvalue weighted by Gasteiger charge is -2.50. The maximum Gasteiger partial charge on any atom is 0.412 e. The highest BCUT2D eigenvalue weighted by atomic mass is 79.9. The van der Waals surface area contributed by atoms with E-state index in [4.69, 9.17) is 4.74 Å². The summed E-state index contributed by atoms with van der Waals surface area (Å²) in [6.07, 6.45) is 6.77. The van der Waals surface area contributed by atoms with Crippen molar-refractivity contribution in [3.8, 4) is 5.75 Å². The lowest BCUT2D eigenvalue weighted by molar-refractivity contribution is 0.0289. The maximum atomic E-state index is 12.4. The summed E-state index contributed by atoms with van der Waals surface area (Å²) in [5.41, 5.74) is 3.01. The number of anilines is 1. The Hall–Kier alpha value is -2.09. The molecule has 4 rings (SSSR count). The van der Waals surface area contributed by atoms with Gasteiger partial charge in [-0.15, -0.1) is 0 Å². The van der Waals surface area contributed by atoms with Crippen LogP contribution in [0.3, 0.4) is 0 Å². The number of nitrogens with zero attached hydrogens (tertiary/aromatic N) is 2. The number of hydrogen-bond donors (Lipinski definition) is 2. The molecule has 2 atom stereocenters. The largest absolute Gasteiger partial charge is 0.495 e. The molecule has 0 spiro atoms. The van der Waals surface area contributed by atoms with Gasteiger partial charge in [-0.25, -0.2) is 4.79 Å². The molecule has 2 aliphatic rings. The molecule has 7 heteroatoms. The van der Waals surface area contributed by atoms with Crippen molar-refractivity contribution in [3.05, 3.63) is 58.1 Å². The zero-order valence-corrected chi connectivity index (χ0v) is 22.5. The molecule has 0 aliphatic carbocycles. The average Bonchev–Trinajstić information content (AvgIpc) is 2.81. The number of rotatable bonds is 10. The molecule has 2 N–H and O–H groups in total. The fourth-order valence-corrected chi connectivity index (χ4v) is 6.34. The predicted octanol–water partition coefficient (Wildman–Crippen LogP) is 6.21. The van der Waals surface area contributed by atoms with Gasteiger partial charge in [0.1, 0.15) is 5.75 Å². The number of nitrogens with one attached hydrogen (secondary N) is 1. The van der Waals surface area contributed by atoms with E-state index in [-0.39, 0.29) is 6.04 Å². The average molecular weight is 545 g/mol. The van der Waals surface area contributed by atoms with Crippen LogP contribution in [0.4, 0.5) is 10.5 Å². The molecule has 0 aromatic heterocycles. The van der Waals surface area contributed by atoms with Crippen LogP contribution in [0, 0.1) is 6.92 Å². The summed E-state index contributed by atoms with van der Waals surface area (Å²) in [5, 5.41) is 13.7. The Labute approximate surface area is 217 Å². The number of methoxy groups -OCH3 is 1. The van der Waals surface area contributed by atoms with E-state index in [2.05, 4.69) is 50.4 Å². The van der Waals surface area contributed by atoms with Crippen LogP contribution in [0.2, 0.25) is 0 Å². The van der Waals surface area contributed by atoms with Crippen LogP contribution in [-0.4, -0.2) is 54.4 Å². The topological polar surface area (TPSA) is 65.0 Å². The number of carboxylic acid groups (broad SMARTS) is 1. The van der Waals surface area contributed by atoms with E-state index in [1.165, 1.54) is 12.0 Å². The molecule has 6 nitrogen and oxygen atoms in total. The van der Waals surface area contributed by atoms with Crippen molar-refractivity contribution in [2.75, 3.05) is 25.1 Å². The molecule has 2 heterocycles. The standard InChI is InChI=1S/C28H38BrN3O3/c1-20-11-12-27(35-2)26(15-20)32(28(33)34)25-17-23-9-6-10-24(18-25)31(23)14-4-3-13-30-19-21-7-5-8-22(29)16-21/h5,7-8,11-12,15-16,23-25,30H,3-4,6,9-10,13-14,17-19H2,1-2H3,(H,33,34). The van der Waals surface area contributed by atoms with Crippen molar-refractivity contribution >= 4 is 27.7 Å². The van der Waals surface area contributed by atoms with Crippen LogP contribution in [-0.2, 0) is 6.54 Å². The van der Waals surface area contributed by atoms with E-state index in [1.54, 1.807) is 12.0 Å². The number of halogens is 1. The molecule has 0 saturated carbocycles. The molecule has 35 heavy (non-hydrogen) atoms. The first-order valence-electron chi connectivity index (χ1n) is 12.8. The van der Waals surface area contributed by atoms with E-state index < -0.39 is 6.09 Å².